The SMILES string of the molecule is COc1ccccc1-c1csc(C2CCCCN2C(=O)COc2ccccc2)n1. The monoisotopic (exact) mass is 408 g/mol. The Labute approximate surface area is 174 Å². The molecular weight excluding hydrogens is 384 g/mol. The van der Waals surface area contributed by atoms with Crippen molar-refractivity contribution in [3.05, 3.63) is 65.0 Å². The summed E-state index contributed by atoms with van der Waals surface area (Å²) in [4.78, 5) is 19.7. The number of hydrogen-bond acceptors (Lipinski definition) is 5. The number of aromatic nitrogens is 1. The Morgan fingerprint density at radius 1 is 1.14 bits per heavy atom. The van der Waals surface area contributed by atoms with E-state index in [1.807, 2.05) is 64.9 Å². The lowest BCUT2D eigenvalue weighted by molar-refractivity contribution is -0.137. The standard InChI is InChI=1S/C23H24N2O3S/c1-27-21-13-6-5-11-18(21)19-16-29-23(24-19)20-12-7-8-14-25(20)22(26)15-28-17-9-3-2-4-10-17/h2-6,9-11,13,16,20H,7-8,12,14-15H2,1H3. The highest BCUT2D eigenvalue weighted by molar-refractivity contribution is 7.10. The number of methoxy groups -OCH3 is 1. The zero-order chi connectivity index (χ0) is 20.1. The van der Waals surface area contributed by atoms with E-state index >= 15 is 0 Å². The average Bonchev–Trinajstić information content (AvgIpc) is 3.28. The van der Waals surface area contributed by atoms with E-state index in [2.05, 4.69) is 0 Å². The van der Waals surface area contributed by atoms with Crippen molar-refractivity contribution in [2.24, 2.45) is 0 Å². The largest absolute Gasteiger partial charge is 0.496 e. The van der Waals surface area contributed by atoms with Crippen LogP contribution in [-0.2, 0) is 4.79 Å². The Bertz CT molecular complexity index is 958. The lowest BCUT2D eigenvalue weighted by Gasteiger charge is -2.34. The summed E-state index contributed by atoms with van der Waals surface area (Å²) in [5.41, 5.74) is 1.86. The van der Waals surface area contributed by atoms with Gasteiger partial charge in [0.25, 0.3) is 5.91 Å². The smallest absolute Gasteiger partial charge is 0.261 e. The molecule has 0 N–H and O–H groups in total. The van der Waals surface area contributed by atoms with Gasteiger partial charge in [0.05, 0.1) is 18.8 Å². The van der Waals surface area contributed by atoms with Crippen LogP contribution in [0.4, 0.5) is 0 Å². The van der Waals surface area contributed by atoms with Crippen molar-refractivity contribution in [3.63, 3.8) is 0 Å². The van der Waals surface area contributed by atoms with Crippen molar-refractivity contribution in [1.82, 2.24) is 9.88 Å². The molecule has 0 spiro atoms. The van der Waals surface area contributed by atoms with Gasteiger partial charge in [-0.15, -0.1) is 11.3 Å². The maximum absolute atomic E-state index is 12.9. The molecule has 2 heterocycles. The van der Waals surface area contributed by atoms with E-state index in [1.54, 1.807) is 18.4 Å². The number of carbonyl (C=O) groups excluding carboxylic acids is 1. The molecule has 0 bridgehead atoms. The maximum Gasteiger partial charge on any atom is 0.261 e. The zero-order valence-electron chi connectivity index (χ0n) is 16.4. The molecule has 1 aromatic heterocycles. The minimum Gasteiger partial charge on any atom is -0.496 e. The van der Waals surface area contributed by atoms with Crippen LogP contribution in [0.5, 0.6) is 11.5 Å². The highest BCUT2D eigenvalue weighted by Gasteiger charge is 2.30. The fraction of sp³-hybridized carbons (Fsp3) is 0.304. The topological polar surface area (TPSA) is 51.7 Å². The summed E-state index contributed by atoms with van der Waals surface area (Å²) >= 11 is 1.60. The fourth-order valence-corrected chi connectivity index (χ4v) is 4.62. The molecule has 0 saturated carbocycles. The van der Waals surface area contributed by atoms with E-state index < -0.39 is 0 Å². The van der Waals surface area contributed by atoms with Gasteiger partial charge in [-0.1, -0.05) is 30.3 Å². The van der Waals surface area contributed by atoms with Crippen LogP contribution < -0.4 is 9.47 Å². The minimum atomic E-state index is 0.00378. The predicted molar refractivity (Wildman–Crippen MR) is 114 cm³/mol. The van der Waals surface area contributed by atoms with Crippen LogP contribution in [0.1, 0.15) is 30.3 Å². The minimum absolute atomic E-state index is 0.00378. The summed E-state index contributed by atoms with van der Waals surface area (Å²) in [7, 11) is 1.67. The van der Waals surface area contributed by atoms with Crippen LogP contribution in [0, 0.1) is 0 Å². The van der Waals surface area contributed by atoms with Crippen LogP contribution in [0.25, 0.3) is 11.3 Å². The lowest BCUT2D eigenvalue weighted by atomic mass is 10.0. The molecule has 150 valence electrons. The number of nitrogens with zero attached hydrogens (tertiary/aromatic N) is 2. The predicted octanol–water partition coefficient (Wildman–Crippen LogP) is 4.95. The molecule has 6 heteroatoms. The Morgan fingerprint density at radius 3 is 2.76 bits per heavy atom. The Balaban J connectivity index is 1.50. The van der Waals surface area contributed by atoms with Gasteiger partial charge in [-0.2, -0.15) is 0 Å². The van der Waals surface area contributed by atoms with Gasteiger partial charge < -0.3 is 14.4 Å². The molecule has 1 atom stereocenters. The van der Waals surface area contributed by atoms with Gasteiger partial charge in [-0.05, 0) is 43.5 Å². The number of ether oxygens (including phenoxy) is 2. The summed E-state index contributed by atoms with van der Waals surface area (Å²) in [6.45, 7) is 0.788. The van der Waals surface area contributed by atoms with Gasteiger partial charge in [0.1, 0.15) is 16.5 Å². The van der Waals surface area contributed by atoms with E-state index in [-0.39, 0.29) is 18.6 Å². The van der Waals surface area contributed by atoms with Gasteiger partial charge >= 0.3 is 0 Å². The lowest BCUT2D eigenvalue weighted by Crippen LogP contribution is -2.41. The third kappa shape index (κ3) is 4.43. The molecule has 0 aliphatic carbocycles. The number of piperidine rings is 1. The first-order valence-electron chi connectivity index (χ1n) is 9.82. The number of hydrogen-bond donors (Lipinski definition) is 0. The highest BCUT2D eigenvalue weighted by atomic mass is 32.1. The summed E-state index contributed by atoms with van der Waals surface area (Å²) in [5, 5.41) is 3.02. The number of rotatable bonds is 6. The van der Waals surface area contributed by atoms with E-state index in [0.717, 1.165) is 47.8 Å². The van der Waals surface area contributed by atoms with Gasteiger partial charge in [0.15, 0.2) is 6.61 Å². The molecule has 1 amide bonds. The summed E-state index contributed by atoms with van der Waals surface area (Å²) in [6, 6.07) is 17.3. The normalized spacial score (nSPS) is 16.4. The fourth-order valence-electron chi connectivity index (χ4n) is 3.65. The third-order valence-corrected chi connectivity index (χ3v) is 6.06. The number of carbonyl (C=O) groups is 1. The number of thiazole rings is 1. The molecule has 5 nitrogen and oxygen atoms in total. The van der Waals surface area contributed by atoms with Crippen LogP contribution in [-0.4, -0.2) is 36.1 Å². The van der Waals surface area contributed by atoms with Crippen molar-refractivity contribution >= 4 is 17.2 Å². The molecule has 1 aliphatic heterocycles. The van der Waals surface area contributed by atoms with Gasteiger partial charge in [0, 0.05) is 17.5 Å². The highest BCUT2D eigenvalue weighted by Crippen LogP contribution is 2.37. The van der Waals surface area contributed by atoms with E-state index in [0.29, 0.717) is 5.75 Å². The van der Waals surface area contributed by atoms with E-state index in [1.165, 1.54) is 0 Å². The van der Waals surface area contributed by atoms with E-state index in [9.17, 15) is 4.79 Å². The molecule has 2 aromatic carbocycles. The first-order chi connectivity index (χ1) is 14.3. The molecule has 29 heavy (non-hydrogen) atoms. The first kappa shape index (κ1) is 19.5. The van der Waals surface area contributed by atoms with Gasteiger partial charge in [-0.3, -0.25) is 4.79 Å². The number of amides is 1. The van der Waals surface area contributed by atoms with Crippen molar-refractivity contribution in [2.45, 2.75) is 25.3 Å². The van der Waals surface area contributed by atoms with E-state index in [4.69, 9.17) is 14.5 Å². The Kier molecular flexibility index (Phi) is 6.10. The van der Waals surface area contributed by atoms with Crippen LogP contribution in [0.15, 0.2) is 60.0 Å². The molecule has 1 saturated heterocycles. The second-order valence-corrected chi connectivity index (χ2v) is 7.86. The Hall–Kier alpha value is -2.86. The number of likely N-dealkylation sites (tertiary alicyclic amines) is 1. The quantitative estimate of drug-likeness (QED) is 0.579. The molecule has 4 rings (SSSR count). The average molecular weight is 409 g/mol. The third-order valence-electron chi connectivity index (χ3n) is 5.12. The second kappa shape index (κ2) is 9.09. The maximum atomic E-state index is 12.9. The van der Waals surface area contributed by atoms with Crippen LogP contribution in [0.3, 0.4) is 0 Å². The van der Waals surface area contributed by atoms with Gasteiger partial charge in [-0.25, -0.2) is 4.98 Å². The van der Waals surface area contributed by atoms with Gasteiger partial charge in [0.2, 0.25) is 0 Å². The number of para-hydroxylation sites is 2. The Morgan fingerprint density at radius 2 is 1.93 bits per heavy atom. The molecule has 1 unspecified atom stereocenters. The van der Waals surface area contributed by atoms with Crippen molar-refractivity contribution < 1.29 is 14.3 Å². The van der Waals surface area contributed by atoms with Crippen molar-refractivity contribution in [2.75, 3.05) is 20.3 Å². The molecule has 1 aliphatic rings. The molecule has 3 aromatic rings. The zero-order valence-corrected chi connectivity index (χ0v) is 17.2. The molecule has 0 radical (unpaired) electrons. The van der Waals surface area contributed by atoms with Crippen molar-refractivity contribution in [1.29, 1.82) is 0 Å². The number of benzene rings is 2. The second-order valence-electron chi connectivity index (χ2n) is 6.97. The summed E-state index contributed by atoms with van der Waals surface area (Å²) < 4.78 is 11.2. The summed E-state index contributed by atoms with van der Waals surface area (Å²) in [6.07, 6.45) is 3.03. The van der Waals surface area contributed by atoms with Crippen LogP contribution >= 0.6 is 11.3 Å². The molecule has 1 fully saturated rings. The summed E-state index contributed by atoms with van der Waals surface area (Å²) in [5.74, 6) is 1.52. The first-order valence-corrected chi connectivity index (χ1v) is 10.7. The van der Waals surface area contributed by atoms with Crippen LogP contribution in [0.2, 0.25) is 0 Å². The van der Waals surface area contributed by atoms with Crippen molar-refractivity contribution in [3.8, 4) is 22.8 Å². The molecular formula is C23H24N2O3S.